The van der Waals surface area contributed by atoms with Gasteiger partial charge in [0.2, 0.25) is 11.7 Å². The van der Waals surface area contributed by atoms with Gasteiger partial charge in [-0.2, -0.15) is 15.2 Å². The number of fused-ring (bicyclic) bond motifs is 4. The Morgan fingerprint density at radius 1 is 0.700 bits per heavy atom. The van der Waals surface area contributed by atoms with Gasteiger partial charge in [-0.25, -0.2) is 28.4 Å². The number of hydrogen-bond acceptors (Lipinski definition) is 15. The molecule has 0 saturated heterocycles. The molecule has 70 heavy (non-hydrogen) atoms. The van der Waals surface area contributed by atoms with E-state index in [0.717, 1.165) is 66.1 Å². The number of hydrogen-bond donors (Lipinski definition) is 5. The number of benzene rings is 6. The number of nitrogens with zero attached hydrogens (tertiary/aromatic N) is 10. The van der Waals surface area contributed by atoms with Crippen LogP contribution in [-0.2, 0) is 29.5 Å². The molecule has 0 fully saturated rings. The van der Waals surface area contributed by atoms with Crippen LogP contribution >= 0.6 is 0 Å². The molecule has 0 bridgehead atoms. The van der Waals surface area contributed by atoms with Crippen molar-refractivity contribution in [1.29, 1.82) is 5.41 Å². The van der Waals surface area contributed by atoms with Crippen molar-refractivity contribution < 1.29 is 18.1 Å². The summed E-state index contributed by atoms with van der Waals surface area (Å²) < 4.78 is 31.9. The van der Waals surface area contributed by atoms with E-state index in [1.54, 1.807) is 12.1 Å². The summed E-state index contributed by atoms with van der Waals surface area (Å²) in [5, 5.41) is 40.2. The summed E-state index contributed by atoms with van der Waals surface area (Å²) in [6, 6.07) is 43.8. The first-order chi connectivity index (χ1) is 34.1. The lowest BCUT2D eigenvalue weighted by molar-refractivity contribution is 0.234. The van der Waals surface area contributed by atoms with Crippen LogP contribution in [0.2, 0.25) is 0 Å². The highest BCUT2D eigenvalue weighted by molar-refractivity contribution is 7.90. The quantitative estimate of drug-likeness (QED) is 0.0301. The SMILES string of the molecule is CS(=O)(=O)CCNCc1nc(-c2ccc3ncnc(Nc4ccc5c(cnn5Cc5ccccc5)c4)c3c2)no1.N=C(NO)c1ccc2ncnc(-c3ccc4c(cnn4Cc4ccccc4)c3)c2c1. The van der Waals surface area contributed by atoms with Crippen LogP contribution in [0.3, 0.4) is 0 Å². The van der Waals surface area contributed by atoms with Crippen LogP contribution in [0.1, 0.15) is 22.6 Å². The Morgan fingerprint density at radius 2 is 1.34 bits per heavy atom. The van der Waals surface area contributed by atoms with Crippen molar-refractivity contribution in [1.82, 2.24) is 60.4 Å². The second-order valence-corrected chi connectivity index (χ2v) is 18.7. The number of anilines is 2. The standard InChI is InChI=1S/C28H26N8O3S.C23H18N6O/c1-40(37,38)12-11-29-16-26-34-27(35-39-26)20-7-9-24-23(14-20)28(31-18-30-24)33-22-8-10-25-21(13-22)15-32-36(25)17-19-5-3-2-4-6-19;24-23(28-30)17-6-8-20-19(11-17)22(26-14-25-20)16-7-9-21-18(10-16)12-27-29(21)13-15-4-2-1-3-5-15/h2-10,13-15,18,29H,11-12,16-17H2,1H3,(H,30,31,33);1-12,14,30H,13H2,(H2,24,28). The fourth-order valence-corrected chi connectivity index (χ4v) is 8.51. The summed E-state index contributed by atoms with van der Waals surface area (Å²) in [4.78, 5) is 22.1. The lowest BCUT2D eigenvalue weighted by Crippen LogP contribution is -2.22. The van der Waals surface area contributed by atoms with Gasteiger partial charge >= 0.3 is 0 Å². The number of aromatic nitrogens is 10. The van der Waals surface area contributed by atoms with Crippen LogP contribution in [-0.4, -0.2) is 87.7 Å². The first kappa shape index (κ1) is 45.0. The maximum Gasteiger partial charge on any atom is 0.240 e. The maximum absolute atomic E-state index is 11.3. The largest absolute Gasteiger partial charge is 0.340 e. The van der Waals surface area contributed by atoms with Gasteiger partial charge in [-0.3, -0.25) is 25.5 Å². The zero-order valence-corrected chi connectivity index (χ0v) is 38.4. The van der Waals surface area contributed by atoms with E-state index < -0.39 is 9.84 Å². The van der Waals surface area contributed by atoms with E-state index in [1.807, 2.05) is 112 Å². The third-order valence-corrected chi connectivity index (χ3v) is 12.4. The first-order valence-electron chi connectivity index (χ1n) is 22.1. The highest BCUT2D eigenvalue weighted by atomic mass is 32.2. The van der Waals surface area contributed by atoms with Crippen LogP contribution < -0.4 is 16.1 Å². The molecule has 11 rings (SSSR count). The smallest absolute Gasteiger partial charge is 0.240 e. The predicted octanol–water partition coefficient (Wildman–Crippen LogP) is 7.95. The van der Waals surface area contributed by atoms with Crippen molar-refractivity contribution in [2.75, 3.05) is 23.9 Å². The molecule has 0 amide bonds. The molecule has 11 aromatic rings. The van der Waals surface area contributed by atoms with Gasteiger partial charge in [0.25, 0.3) is 0 Å². The molecule has 0 aliphatic carbocycles. The van der Waals surface area contributed by atoms with Crippen molar-refractivity contribution in [2.45, 2.75) is 19.6 Å². The first-order valence-corrected chi connectivity index (χ1v) is 24.2. The zero-order chi connectivity index (χ0) is 48.0. The predicted molar refractivity (Wildman–Crippen MR) is 268 cm³/mol. The summed E-state index contributed by atoms with van der Waals surface area (Å²) >= 11 is 0. The van der Waals surface area contributed by atoms with E-state index in [9.17, 15) is 8.42 Å². The molecule has 0 unspecified atom stereocenters. The van der Waals surface area contributed by atoms with Crippen molar-refractivity contribution >= 4 is 70.8 Å². The third kappa shape index (κ3) is 10.2. The van der Waals surface area contributed by atoms with Gasteiger partial charge in [0, 0.05) is 56.7 Å². The molecule has 0 atom stereocenters. The Bertz CT molecular complexity index is 3770. The van der Waals surface area contributed by atoms with E-state index in [1.165, 1.54) is 30.0 Å². The number of sulfone groups is 1. The second-order valence-electron chi connectivity index (χ2n) is 16.5. The molecule has 6 aromatic carbocycles. The van der Waals surface area contributed by atoms with Crippen molar-refractivity contribution in [3.63, 3.8) is 0 Å². The van der Waals surface area contributed by atoms with Gasteiger partial charge in [-0.1, -0.05) is 71.9 Å². The summed E-state index contributed by atoms with van der Waals surface area (Å²) in [6.07, 6.45) is 7.99. The number of amidine groups is 1. The highest BCUT2D eigenvalue weighted by Crippen LogP contribution is 2.31. The summed E-state index contributed by atoms with van der Waals surface area (Å²) in [5.41, 5.74) is 11.8. The lowest BCUT2D eigenvalue weighted by Gasteiger charge is -2.10. The van der Waals surface area contributed by atoms with E-state index in [4.69, 9.17) is 15.1 Å². The molecule has 0 spiro atoms. The Labute approximate surface area is 400 Å². The minimum Gasteiger partial charge on any atom is -0.340 e. The fraction of sp³-hybridized carbons (Fsp3) is 0.118. The Hall–Kier alpha value is -8.78. The monoisotopic (exact) mass is 948 g/mol. The normalized spacial score (nSPS) is 11.5. The number of rotatable bonds is 14. The minimum absolute atomic E-state index is 0.0391. The number of hydroxylamine groups is 1. The molecule has 5 N–H and O–H groups in total. The molecule has 19 heteroatoms. The summed E-state index contributed by atoms with van der Waals surface area (Å²) in [7, 11) is -3.04. The summed E-state index contributed by atoms with van der Waals surface area (Å²) in [6.45, 7) is 1.99. The van der Waals surface area contributed by atoms with Crippen LogP contribution in [0, 0.1) is 5.41 Å². The molecular formula is C51H44N14O4S. The highest BCUT2D eigenvalue weighted by Gasteiger charge is 2.15. The van der Waals surface area contributed by atoms with E-state index >= 15 is 0 Å². The van der Waals surface area contributed by atoms with E-state index in [-0.39, 0.29) is 18.1 Å². The lowest BCUT2D eigenvalue weighted by atomic mass is 10.0. The van der Waals surface area contributed by atoms with Crippen molar-refractivity contribution in [2.24, 2.45) is 0 Å². The van der Waals surface area contributed by atoms with Crippen LogP contribution in [0.15, 0.2) is 163 Å². The molecule has 18 nitrogen and oxygen atoms in total. The Morgan fingerprint density at radius 3 is 2.04 bits per heavy atom. The van der Waals surface area contributed by atoms with Gasteiger partial charge < -0.3 is 15.2 Å². The van der Waals surface area contributed by atoms with Crippen molar-refractivity contribution in [3.05, 3.63) is 181 Å². The van der Waals surface area contributed by atoms with Gasteiger partial charge in [-0.15, -0.1) is 0 Å². The van der Waals surface area contributed by atoms with Gasteiger partial charge in [0.1, 0.15) is 34.1 Å². The van der Waals surface area contributed by atoms with Crippen molar-refractivity contribution in [3.8, 4) is 22.6 Å². The summed E-state index contributed by atoms with van der Waals surface area (Å²) in [5.74, 6) is 1.40. The van der Waals surface area contributed by atoms with Gasteiger partial charge in [-0.05, 0) is 77.9 Å². The number of nitrogens with one attached hydrogen (secondary N) is 4. The van der Waals surface area contributed by atoms with E-state index in [0.29, 0.717) is 42.7 Å². The molecular weight excluding hydrogens is 905 g/mol. The topological polar surface area (TPSA) is 240 Å². The molecule has 0 aliphatic rings. The Kier molecular flexibility index (Phi) is 12.7. The molecule has 5 aromatic heterocycles. The Balaban J connectivity index is 0.000000169. The second kappa shape index (κ2) is 19.8. The van der Waals surface area contributed by atoms with Crippen LogP contribution in [0.25, 0.3) is 66.3 Å². The molecule has 0 aliphatic heterocycles. The maximum atomic E-state index is 11.3. The zero-order valence-electron chi connectivity index (χ0n) is 37.6. The molecule has 348 valence electrons. The van der Waals surface area contributed by atoms with Gasteiger partial charge in [0.05, 0.1) is 65.5 Å². The average molecular weight is 949 g/mol. The molecule has 5 heterocycles. The minimum atomic E-state index is -3.04. The molecule has 0 radical (unpaired) electrons. The molecule has 0 saturated carbocycles. The van der Waals surface area contributed by atoms with Gasteiger partial charge in [0.15, 0.2) is 0 Å². The van der Waals surface area contributed by atoms with E-state index in [2.05, 4.69) is 87.3 Å². The fourth-order valence-electron chi connectivity index (χ4n) is 8.00. The average Bonchev–Trinajstić information content (AvgIpc) is 4.14. The third-order valence-electron chi connectivity index (χ3n) is 11.5. The van der Waals surface area contributed by atoms with Crippen LogP contribution in [0.4, 0.5) is 11.5 Å². The van der Waals surface area contributed by atoms with Crippen LogP contribution in [0.5, 0.6) is 0 Å².